The van der Waals surface area contributed by atoms with Crippen LogP contribution >= 0.6 is 0 Å². The van der Waals surface area contributed by atoms with Crippen LogP contribution in [0.3, 0.4) is 0 Å². The van der Waals surface area contributed by atoms with Gasteiger partial charge in [-0.3, -0.25) is 4.79 Å². The second-order valence-corrected chi connectivity index (χ2v) is 7.26. The first kappa shape index (κ1) is 15.5. The van der Waals surface area contributed by atoms with Crippen LogP contribution in [0.5, 0.6) is 0 Å². The maximum absolute atomic E-state index is 11.6. The topological polar surface area (TPSA) is 84.8 Å². The predicted octanol–water partition coefficient (Wildman–Crippen LogP) is 0.649. The summed E-state index contributed by atoms with van der Waals surface area (Å²) < 4.78 is 22.5. The molecular weight excluding hydrogens is 292 g/mol. The lowest BCUT2D eigenvalue weighted by Crippen LogP contribution is -2.37. The molecule has 2 rings (SSSR count). The highest BCUT2D eigenvalue weighted by molar-refractivity contribution is 7.91. The van der Waals surface area contributed by atoms with Gasteiger partial charge in [0.15, 0.2) is 16.4 Å². The lowest BCUT2D eigenvalue weighted by Gasteiger charge is -2.09. The summed E-state index contributed by atoms with van der Waals surface area (Å²) in [6.45, 7) is 1.73. The fourth-order valence-electron chi connectivity index (χ4n) is 2.10. The zero-order valence-corrected chi connectivity index (χ0v) is 12.6. The van der Waals surface area contributed by atoms with Gasteiger partial charge in [-0.05, 0) is 24.5 Å². The first-order valence-corrected chi connectivity index (χ1v) is 8.49. The third-order valence-electron chi connectivity index (χ3n) is 3.25. The number of rotatable bonds is 5. The zero-order chi connectivity index (χ0) is 15.3. The molecule has 0 bridgehead atoms. The molecule has 1 heterocycles. The second-order valence-electron chi connectivity index (χ2n) is 5.03. The van der Waals surface area contributed by atoms with Crippen LogP contribution in [0, 0.1) is 6.92 Å². The minimum absolute atomic E-state index is 0.00518. The molecule has 7 heteroatoms. The molecule has 1 aliphatic heterocycles. The molecule has 0 spiro atoms. The summed E-state index contributed by atoms with van der Waals surface area (Å²) in [6, 6.07) is 7.35. The molecule has 0 unspecified atom stereocenters. The smallest absolute Gasteiger partial charge is 0.261 e. The first-order valence-electron chi connectivity index (χ1n) is 6.67. The molecule has 0 aromatic heterocycles. The number of hydrogen-bond donors (Lipinski definition) is 1. The van der Waals surface area contributed by atoms with E-state index in [-0.39, 0.29) is 30.1 Å². The predicted molar refractivity (Wildman–Crippen MR) is 79.9 cm³/mol. The molecule has 0 aliphatic carbocycles. The van der Waals surface area contributed by atoms with E-state index in [1.165, 1.54) is 0 Å². The van der Waals surface area contributed by atoms with Gasteiger partial charge in [-0.25, -0.2) is 8.42 Å². The molecular formula is C14H18N2O4S. The molecule has 1 atom stereocenters. The van der Waals surface area contributed by atoms with Crippen LogP contribution in [-0.2, 0) is 19.5 Å². The fourth-order valence-corrected chi connectivity index (χ4v) is 3.77. The zero-order valence-electron chi connectivity index (χ0n) is 11.8. The summed E-state index contributed by atoms with van der Waals surface area (Å²) in [5.74, 6) is -0.228. The Hall–Kier alpha value is -1.89. The molecule has 1 saturated heterocycles. The molecule has 0 saturated carbocycles. The van der Waals surface area contributed by atoms with E-state index in [4.69, 9.17) is 4.84 Å². The number of carbonyl (C=O) groups excluding carboxylic acids is 1. The van der Waals surface area contributed by atoms with Crippen molar-refractivity contribution in [2.45, 2.75) is 19.4 Å². The van der Waals surface area contributed by atoms with Gasteiger partial charge in [0.05, 0.1) is 17.7 Å². The number of sulfone groups is 1. The highest BCUT2D eigenvalue weighted by Crippen LogP contribution is 2.10. The van der Waals surface area contributed by atoms with Gasteiger partial charge >= 0.3 is 0 Å². The molecule has 1 aliphatic rings. The van der Waals surface area contributed by atoms with Crippen molar-refractivity contribution < 1.29 is 18.0 Å². The highest BCUT2D eigenvalue weighted by Gasteiger charge is 2.28. The van der Waals surface area contributed by atoms with Crippen molar-refractivity contribution in [1.29, 1.82) is 0 Å². The Morgan fingerprint density at radius 1 is 1.48 bits per heavy atom. The van der Waals surface area contributed by atoms with E-state index >= 15 is 0 Å². The number of nitrogens with zero attached hydrogens (tertiary/aromatic N) is 1. The Kier molecular flexibility index (Phi) is 4.95. The summed E-state index contributed by atoms with van der Waals surface area (Å²) in [7, 11) is -2.99. The largest absolute Gasteiger partial charge is 0.386 e. The molecule has 0 radical (unpaired) electrons. The van der Waals surface area contributed by atoms with E-state index < -0.39 is 9.84 Å². The maximum Gasteiger partial charge on any atom is 0.261 e. The number of benzene rings is 1. The van der Waals surface area contributed by atoms with Crippen molar-refractivity contribution in [2.75, 3.05) is 18.1 Å². The monoisotopic (exact) mass is 310 g/mol. The van der Waals surface area contributed by atoms with Gasteiger partial charge in [0.2, 0.25) is 0 Å². The number of oxime groups is 1. The van der Waals surface area contributed by atoms with Crippen molar-refractivity contribution in [1.82, 2.24) is 5.32 Å². The highest BCUT2D eigenvalue weighted by atomic mass is 32.2. The van der Waals surface area contributed by atoms with Crippen LogP contribution < -0.4 is 5.32 Å². The van der Waals surface area contributed by atoms with Crippen molar-refractivity contribution in [3.63, 3.8) is 0 Å². The van der Waals surface area contributed by atoms with Crippen LogP contribution in [0.1, 0.15) is 17.5 Å². The summed E-state index contributed by atoms with van der Waals surface area (Å²) in [4.78, 5) is 16.5. The van der Waals surface area contributed by atoms with E-state index in [2.05, 4.69) is 10.5 Å². The Balaban J connectivity index is 1.74. The van der Waals surface area contributed by atoms with Crippen LogP contribution in [0.4, 0.5) is 0 Å². The molecule has 1 aromatic carbocycles. The van der Waals surface area contributed by atoms with Crippen molar-refractivity contribution in [3.05, 3.63) is 35.4 Å². The summed E-state index contributed by atoms with van der Waals surface area (Å²) in [6.07, 6.45) is 2.00. The summed E-state index contributed by atoms with van der Waals surface area (Å²) in [5, 5.41) is 6.37. The van der Waals surface area contributed by atoms with E-state index in [1.807, 2.05) is 31.2 Å². The Bertz CT molecular complexity index is 640. The minimum atomic E-state index is -2.99. The number of nitrogens with one attached hydrogen (secondary N) is 1. The van der Waals surface area contributed by atoms with Crippen molar-refractivity contribution in [2.24, 2.45) is 5.16 Å². The average molecular weight is 310 g/mol. The number of aryl methyl sites for hydroxylation is 1. The van der Waals surface area contributed by atoms with Gasteiger partial charge in [0.25, 0.3) is 5.91 Å². The summed E-state index contributed by atoms with van der Waals surface area (Å²) >= 11 is 0. The molecule has 1 N–H and O–H groups in total. The SMILES string of the molecule is Cc1ccccc1/C=N\OCC(=O)N[C@@H]1CCS(=O)(=O)C1. The van der Waals surface area contributed by atoms with Gasteiger partial charge in [0.1, 0.15) is 0 Å². The summed E-state index contributed by atoms with van der Waals surface area (Å²) in [5.41, 5.74) is 1.98. The van der Waals surface area contributed by atoms with Crippen molar-refractivity contribution >= 4 is 22.0 Å². The van der Waals surface area contributed by atoms with Crippen LogP contribution in [0.2, 0.25) is 0 Å². The van der Waals surface area contributed by atoms with Crippen LogP contribution in [0.15, 0.2) is 29.4 Å². The molecule has 1 amide bonds. The van der Waals surface area contributed by atoms with E-state index in [0.717, 1.165) is 11.1 Å². The second kappa shape index (κ2) is 6.71. The molecule has 1 fully saturated rings. The quantitative estimate of drug-likeness (QED) is 0.639. The Labute approximate surface area is 124 Å². The Morgan fingerprint density at radius 3 is 2.90 bits per heavy atom. The fraction of sp³-hybridized carbons (Fsp3) is 0.429. The number of amides is 1. The third-order valence-corrected chi connectivity index (χ3v) is 5.02. The van der Waals surface area contributed by atoms with Gasteiger partial charge in [0, 0.05) is 6.04 Å². The van der Waals surface area contributed by atoms with Gasteiger partial charge in [-0.2, -0.15) is 0 Å². The van der Waals surface area contributed by atoms with E-state index in [9.17, 15) is 13.2 Å². The molecule has 114 valence electrons. The molecule has 21 heavy (non-hydrogen) atoms. The first-order chi connectivity index (χ1) is 9.96. The third kappa shape index (κ3) is 4.86. The van der Waals surface area contributed by atoms with Gasteiger partial charge in [-0.1, -0.05) is 29.4 Å². The van der Waals surface area contributed by atoms with Crippen LogP contribution in [-0.4, -0.2) is 44.7 Å². The minimum Gasteiger partial charge on any atom is -0.386 e. The normalized spacial score (nSPS) is 20.5. The molecule has 1 aromatic rings. The number of carbonyl (C=O) groups is 1. The standard InChI is InChI=1S/C14H18N2O4S/c1-11-4-2-3-5-12(11)8-15-20-9-14(17)16-13-6-7-21(18,19)10-13/h2-5,8,13H,6-7,9-10H2,1H3,(H,16,17)/b15-8-/t13-/m1/s1. The lowest BCUT2D eigenvalue weighted by molar-refractivity contribution is -0.126. The average Bonchev–Trinajstić information content (AvgIpc) is 2.76. The van der Waals surface area contributed by atoms with Crippen molar-refractivity contribution in [3.8, 4) is 0 Å². The van der Waals surface area contributed by atoms with Crippen LogP contribution in [0.25, 0.3) is 0 Å². The molecule has 6 nitrogen and oxygen atoms in total. The Morgan fingerprint density at radius 2 is 2.24 bits per heavy atom. The van der Waals surface area contributed by atoms with E-state index in [0.29, 0.717) is 6.42 Å². The van der Waals surface area contributed by atoms with Gasteiger partial charge < -0.3 is 10.2 Å². The maximum atomic E-state index is 11.6. The number of hydrogen-bond acceptors (Lipinski definition) is 5. The van der Waals surface area contributed by atoms with E-state index in [1.54, 1.807) is 6.21 Å². The van der Waals surface area contributed by atoms with Gasteiger partial charge in [-0.15, -0.1) is 0 Å². The lowest BCUT2D eigenvalue weighted by atomic mass is 10.1.